The molecular formula is C9H11NOS. The lowest BCUT2D eigenvalue weighted by atomic mass is 10.0. The van der Waals surface area contributed by atoms with E-state index in [0.717, 1.165) is 18.5 Å². The Morgan fingerprint density at radius 3 is 3.25 bits per heavy atom. The summed E-state index contributed by atoms with van der Waals surface area (Å²) in [6.45, 7) is 1.98. The molecule has 1 aliphatic rings. The fourth-order valence-electron chi connectivity index (χ4n) is 1.39. The van der Waals surface area contributed by atoms with Crippen molar-refractivity contribution >= 4 is 22.9 Å². The molecule has 0 saturated heterocycles. The third-order valence-electron chi connectivity index (χ3n) is 2.29. The molecule has 3 heteroatoms. The van der Waals surface area contributed by atoms with Crippen LogP contribution in [0, 0.1) is 5.92 Å². The van der Waals surface area contributed by atoms with E-state index in [0.29, 0.717) is 0 Å². The van der Waals surface area contributed by atoms with E-state index in [2.05, 4.69) is 10.7 Å². The highest BCUT2D eigenvalue weighted by molar-refractivity contribution is 7.08. The lowest BCUT2D eigenvalue weighted by Gasteiger charge is -2.04. The second-order valence-corrected chi connectivity index (χ2v) is 3.98. The van der Waals surface area contributed by atoms with Crippen molar-refractivity contribution in [3.63, 3.8) is 0 Å². The Balaban J connectivity index is 2.30. The number of rotatable bonds is 0. The van der Waals surface area contributed by atoms with E-state index in [1.165, 1.54) is 5.56 Å². The first kappa shape index (κ1) is 7.80. The zero-order chi connectivity index (χ0) is 8.55. The van der Waals surface area contributed by atoms with E-state index >= 15 is 0 Å². The van der Waals surface area contributed by atoms with Crippen molar-refractivity contribution in [2.45, 2.75) is 19.8 Å². The normalized spacial score (nSPS) is 22.8. The third-order valence-corrected chi connectivity index (χ3v) is 3.09. The molecule has 2 rings (SSSR count). The Hall–Kier alpha value is -0.830. The number of hydrogen-bond acceptors (Lipinski definition) is 2. The molecule has 0 radical (unpaired) electrons. The van der Waals surface area contributed by atoms with E-state index in [4.69, 9.17) is 0 Å². The lowest BCUT2D eigenvalue weighted by Crippen LogP contribution is -2.17. The molecule has 2 heterocycles. The maximum atomic E-state index is 11.4. The molecule has 1 atom stereocenters. The van der Waals surface area contributed by atoms with Gasteiger partial charge in [-0.2, -0.15) is 0 Å². The number of carbonyl (C=O) groups excluding carboxylic acids is 1. The molecule has 1 aromatic heterocycles. The monoisotopic (exact) mass is 181 g/mol. The Morgan fingerprint density at radius 2 is 2.42 bits per heavy atom. The number of anilines is 1. The van der Waals surface area contributed by atoms with E-state index in [1.54, 1.807) is 11.3 Å². The summed E-state index contributed by atoms with van der Waals surface area (Å²) >= 11 is 1.65. The molecule has 0 aliphatic carbocycles. The first-order valence-electron chi connectivity index (χ1n) is 4.13. The van der Waals surface area contributed by atoms with Crippen molar-refractivity contribution in [1.82, 2.24) is 0 Å². The smallest absolute Gasteiger partial charge is 0.227 e. The predicted octanol–water partition coefficient (Wildman–Crippen LogP) is 2.27. The quantitative estimate of drug-likeness (QED) is 0.653. The van der Waals surface area contributed by atoms with Gasteiger partial charge in [0.1, 0.15) is 0 Å². The minimum absolute atomic E-state index is 0.155. The van der Waals surface area contributed by atoms with Crippen molar-refractivity contribution in [1.29, 1.82) is 0 Å². The molecule has 1 amide bonds. The number of fused-ring (bicyclic) bond motifs is 1. The summed E-state index contributed by atoms with van der Waals surface area (Å²) < 4.78 is 0. The van der Waals surface area contributed by atoms with Crippen LogP contribution in [0.3, 0.4) is 0 Å². The summed E-state index contributed by atoms with van der Waals surface area (Å²) in [4.78, 5) is 11.4. The van der Waals surface area contributed by atoms with Gasteiger partial charge in [0.25, 0.3) is 0 Å². The van der Waals surface area contributed by atoms with Crippen LogP contribution in [0.25, 0.3) is 0 Å². The highest BCUT2D eigenvalue weighted by atomic mass is 32.1. The van der Waals surface area contributed by atoms with Crippen LogP contribution in [0.2, 0.25) is 0 Å². The Bertz CT molecular complexity index is 305. The Labute approximate surface area is 75.6 Å². The van der Waals surface area contributed by atoms with Crippen molar-refractivity contribution in [2.24, 2.45) is 5.92 Å². The van der Waals surface area contributed by atoms with Gasteiger partial charge in [-0.3, -0.25) is 4.79 Å². The average molecular weight is 181 g/mol. The number of thiophene rings is 1. The molecule has 0 aromatic carbocycles. The first-order valence-corrected chi connectivity index (χ1v) is 5.07. The van der Waals surface area contributed by atoms with Gasteiger partial charge in [-0.15, -0.1) is 11.3 Å². The molecule has 2 nitrogen and oxygen atoms in total. The molecule has 1 N–H and O–H groups in total. The van der Waals surface area contributed by atoms with Crippen LogP contribution < -0.4 is 5.32 Å². The number of nitrogens with one attached hydrogen (secondary N) is 1. The van der Waals surface area contributed by atoms with Gasteiger partial charge in [-0.05, 0) is 23.8 Å². The molecule has 0 saturated carbocycles. The molecule has 12 heavy (non-hydrogen) atoms. The number of aryl methyl sites for hydroxylation is 1. The van der Waals surface area contributed by atoms with Crippen LogP contribution in [0.5, 0.6) is 0 Å². The maximum Gasteiger partial charge on any atom is 0.227 e. The van der Waals surface area contributed by atoms with Crippen LogP contribution in [-0.4, -0.2) is 5.91 Å². The van der Waals surface area contributed by atoms with E-state index in [-0.39, 0.29) is 11.8 Å². The van der Waals surface area contributed by atoms with Crippen LogP contribution in [-0.2, 0) is 11.2 Å². The molecular weight excluding hydrogens is 170 g/mol. The van der Waals surface area contributed by atoms with Gasteiger partial charge in [0.05, 0.1) is 5.69 Å². The van der Waals surface area contributed by atoms with Gasteiger partial charge < -0.3 is 5.32 Å². The molecule has 1 aliphatic heterocycles. The van der Waals surface area contributed by atoms with E-state index < -0.39 is 0 Å². The summed E-state index contributed by atoms with van der Waals surface area (Å²) in [7, 11) is 0. The summed E-state index contributed by atoms with van der Waals surface area (Å²) in [6.07, 6.45) is 1.99. The van der Waals surface area contributed by atoms with Gasteiger partial charge in [0.15, 0.2) is 0 Å². The van der Waals surface area contributed by atoms with E-state index in [1.807, 2.05) is 12.3 Å². The number of carbonyl (C=O) groups is 1. The maximum absolute atomic E-state index is 11.4. The van der Waals surface area contributed by atoms with Gasteiger partial charge >= 0.3 is 0 Å². The Kier molecular flexibility index (Phi) is 1.89. The minimum atomic E-state index is 0.155. The zero-order valence-electron chi connectivity index (χ0n) is 6.96. The summed E-state index contributed by atoms with van der Waals surface area (Å²) in [6, 6.07) is 0. The lowest BCUT2D eigenvalue weighted by molar-refractivity contribution is -0.119. The van der Waals surface area contributed by atoms with Crippen LogP contribution in [0.15, 0.2) is 10.8 Å². The minimum Gasteiger partial charge on any atom is -0.325 e. The fraction of sp³-hybridized carbons (Fsp3) is 0.444. The topological polar surface area (TPSA) is 29.1 Å². The third kappa shape index (κ3) is 1.25. The van der Waals surface area contributed by atoms with Crippen molar-refractivity contribution in [2.75, 3.05) is 5.32 Å². The highest BCUT2D eigenvalue weighted by Gasteiger charge is 2.19. The SMILES string of the molecule is CC1CCc2cscc2NC1=O. The number of hydrogen-bond donors (Lipinski definition) is 1. The largest absolute Gasteiger partial charge is 0.325 e. The molecule has 1 unspecified atom stereocenters. The zero-order valence-corrected chi connectivity index (χ0v) is 7.78. The van der Waals surface area contributed by atoms with Gasteiger partial charge in [0, 0.05) is 11.3 Å². The average Bonchev–Trinajstić information content (AvgIpc) is 2.43. The first-order chi connectivity index (χ1) is 5.77. The summed E-state index contributed by atoms with van der Waals surface area (Å²) in [5.41, 5.74) is 2.31. The standard InChI is InChI=1S/C9H11NOS/c1-6-2-3-7-4-12-5-8(7)10-9(6)11/h4-6H,2-3H2,1H3,(H,10,11). The van der Waals surface area contributed by atoms with Crippen LogP contribution in [0.1, 0.15) is 18.9 Å². The highest BCUT2D eigenvalue weighted by Crippen LogP contribution is 2.27. The van der Waals surface area contributed by atoms with Crippen LogP contribution >= 0.6 is 11.3 Å². The van der Waals surface area contributed by atoms with Gasteiger partial charge in [-0.25, -0.2) is 0 Å². The predicted molar refractivity (Wildman–Crippen MR) is 50.4 cm³/mol. The molecule has 0 bridgehead atoms. The van der Waals surface area contributed by atoms with E-state index in [9.17, 15) is 4.79 Å². The second-order valence-electron chi connectivity index (χ2n) is 3.24. The Morgan fingerprint density at radius 1 is 1.58 bits per heavy atom. The van der Waals surface area contributed by atoms with Gasteiger partial charge in [0.2, 0.25) is 5.91 Å². The molecule has 0 fully saturated rings. The van der Waals surface area contributed by atoms with Crippen molar-refractivity contribution in [3.05, 3.63) is 16.3 Å². The van der Waals surface area contributed by atoms with Crippen molar-refractivity contribution < 1.29 is 4.79 Å². The molecule has 1 aromatic rings. The fourth-order valence-corrected chi connectivity index (χ4v) is 2.21. The van der Waals surface area contributed by atoms with Gasteiger partial charge in [-0.1, -0.05) is 6.92 Å². The molecule has 64 valence electrons. The summed E-state index contributed by atoms with van der Waals surface area (Å²) in [5.74, 6) is 0.314. The van der Waals surface area contributed by atoms with Crippen LogP contribution in [0.4, 0.5) is 5.69 Å². The van der Waals surface area contributed by atoms with Crippen molar-refractivity contribution in [3.8, 4) is 0 Å². The number of amides is 1. The summed E-state index contributed by atoms with van der Waals surface area (Å²) in [5, 5.41) is 7.05. The molecule has 0 spiro atoms. The second kappa shape index (κ2) is 2.90.